The molecule has 5 heteroatoms. The average molecular weight is 294 g/mol. The zero-order valence-corrected chi connectivity index (χ0v) is 12.7. The minimum atomic E-state index is -1.08. The number of carbonyl (C=O) groups excluding carboxylic acids is 1. The maximum absolute atomic E-state index is 11.1. The van der Waals surface area contributed by atoms with Crippen molar-refractivity contribution < 1.29 is 19.8 Å². The summed E-state index contributed by atoms with van der Waals surface area (Å²) in [5.41, 5.74) is 1.06. The van der Waals surface area contributed by atoms with Gasteiger partial charge >= 0.3 is 5.97 Å². The lowest BCUT2D eigenvalue weighted by Crippen LogP contribution is -2.39. The third kappa shape index (κ3) is 11.6. The van der Waals surface area contributed by atoms with Crippen LogP contribution in [0.15, 0.2) is 30.3 Å². The van der Waals surface area contributed by atoms with Crippen LogP contribution in [0.4, 0.5) is 0 Å². The van der Waals surface area contributed by atoms with Crippen molar-refractivity contribution in [2.24, 2.45) is 0 Å². The lowest BCUT2D eigenvalue weighted by Gasteiger charge is -2.14. The van der Waals surface area contributed by atoms with Crippen LogP contribution in [0.2, 0.25) is 0 Å². The van der Waals surface area contributed by atoms with Gasteiger partial charge in [0.1, 0.15) is 6.04 Å². The van der Waals surface area contributed by atoms with Gasteiger partial charge in [0.2, 0.25) is 0 Å². The normalized spacial score (nSPS) is 11.1. The van der Waals surface area contributed by atoms with Crippen LogP contribution in [0.3, 0.4) is 0 Å². The molecule has 0 aliphatic carbocycles. The predicted molar refractivity (Wildman–Crippen MR) is 79.8 cm³/mol. The van der Waals surface area contributed by atoms with Gasteiger partial charge in [-0.2, -0.15) is 0 Å². The number of hydrogen-bond acceptors (Lipinski definition) is 4. The molecule has 1 aromatic rings. The van der Waals surface area contributed by atoms with E-state index in [1.807, 2.05) is 30.3 Å². The van der Waals surface area contributed by atoms with Crippen LogP contribution in [-0.2, 0) is 16.0 Å². The third-order valence-electron chi connectivity index (χ3n) is 2.75. The molecule has 0 spiro atoms. The molecule has 0 aromatic heterocycles. The number of hydrogen-bond donors (Lipinski definition) is 2. The van der Waals surface area contributed by atoms with Crippen molar-refractivity contribution in [3.05, 3.63) is 35.9 Å². The van der Waals surface area contributed by atoms with Gasteiger partial charge < -0.3 is 20.3 Å². The van der Waals surface area contributed by atoms with Gasteiger partial charge in [0, 0.05) is 5.97 Å². The van der Waals surface area contributed by atoms with E-state index in [0.29, 0.717) is 6.42 Å². The molecule has 0 fully saturated rings. The molecular formula is C16H24NO4-. The molecule has 0 radical (unpaired) electrons. The van der Waals surface area contributed by atoms with Gasteiger partial charge in [0.25, 0.3) is 0 Å². The first-order chi connectivity index (χ1) is 9.97. The molecular weight excluding hydrogens is 270 g/mol. The van der Waals surface area contributed by atoms with Crippen LogP contribution in [0.25, 0.3) is 0 Å². The second-order valence-electron chi connectivity index (χ2n) is 4.73. The van der Waals surface area contributed by atoms with Crippen LogP contribution >= 0.6 is 0 Å². The zero-order chi connectivity index (χ0) is 16.1. The Balaban J connectivity index is 0.000000885. The molecule has 0 saturated carbocycles. The van der Waals surface area contributed by atoms with Crippen LogP contribution in [0, 0.1) is 0 Å². The molecule has 2 N–H and O–H groups in total. The molecule has 5 nitrogen and oxygen atoms in total. The molecule has 0 saturated heterocycles. The Labute approximate surface area is 126 Å². The fourth-order valence-corrected chi connectivity index (χ4v) is 1.75. The highest BCUT2D eigenvalue weighted by Crippen LogP contribution is 2.04. The summed E-state index contributed by atoms with van der Waals surface area (Å²) < 4.78 is 0. The maximum atomic E-state index is 11.1. The summed E-state index contributed by atoms with van der Waals surface area (Å²) in [6, 6.07) is 9.26. The van der Waals surface area contributed by atoms with E-state index >= 15 is 0 Å². The van der Waals surface area contributed by atoms with E-state index in [1.54, 1.807) is 0 Å². The van der Waals surface area contributed by atoms with E-state index in [2.05, 4.69) is 12.2 Å². The van der Waals surface area contributed by atoms with Crippen LogP contribution in [0.1, 0.15) is 38.7 Å². The highest BCUT2D eigenvalue weighted by atomic mass is 16.4. The molecule has 0 unspecified atom stereocenters. The third-order valence-corrected chi connectivity index (χ3v) is 2.75. The number of carboxylic acid groups (broad SMARTS) is 2. The summed E-state index contributed by atoms with van der Waals surface area (Å²) in [5.74, 6) is -1.86. The fraction of sp³-hybridized carbons (Fsp3) is 0.500. The Hall–Kier alpha value is -1.88. The Bertz CT molecular complexity index is 402. The molecule has 1 aromatic carbocycles. The second-order valence-corrected chi connectivity index (χ2v) is 4.73. The van der Waals surface area contributed by atoms with Crippen molar-refractivity contribution in [2.75, 3.05) is 6.54 Å². The minimum Gasteiger partial charge on any atom is -0.550 e. The lowest BCUT2D eigenvalue weighted by molar-refractivity contribution is -0.302. The summed E-state index contributed by atoms with van der Waals surface area (Å²) in [5, 5.41) is 21.1. The first-order valence-electron chi connectivity index (χ1n) is 7.15. The topological polar surface area (TPSA) is 89.5 Å². The van der Waals surface area contributed by atoms with E-state index in [0.717, 1.165) is 38.3 Å². The summed E-state index contributed by atoms with van der Waals surface area (Å²) in [7, 11) is 0. The number of rotatable bonds is 8. The van der Waals surface area contributed by atoms with Crippen molar-refractivity contribution in [1.82, 2.24) is 5.32 Å². The molecule has 0 heterocycles. The maximum Gasteiger partial charge on any atom is 0.321 e. The molecule has 0 amide bonds. The summed E-state index contributed by atoms with van der Waals surface area (Å²) in [4.78, 5) is 20.0. The molecule has 0 aliphatic rings. The largest absolute Gasteiger partial charge is 0.550 e. The molecule has 1 atom stereocenters. The van der Waals surface area contributed by atoms with E-state index in [-0.39, 0.29) is 0 Å². The first kappa shape index (κ1) is 19.1. The summed E-state index contributed by atoms with van der Waals surface area (Å²) in [6.07, 6.45) is 3.88. The Morgan fingerprint density at radius 2 is 1.81 bits per heavy atom. The quantitative estimate of drug-likeness (QED) is 0.704. The molecule has 118 valence electrons. The predicted octanol–water partition coefficient (Wildman–Crippen LogP) is 1.22. The van der Waals surface area contributed by atoms with Crippen molar-refractivity contribution >= 4 is 11.9 Å². The van der Waals surface area contributed by atoms with Crippen molar-refractivity contribution in [3.63, 3.8) is 0 Å². The van der Waals surface area contributed by atoms with Gasteiger partial charge in [0.15, 0.2) is 0 Å². The number of unbranched alkanes of at least 4 members (excludes halogenated alkanes) is 2. The molecule has 0 aliphatic heterocycles. The summed E-state index contributed by atoms with van der Waals surface area (Å²) in [6.45, 7) is 3.89. The number of benzene rings is 1. The first-order valence-corrected chi connectivity index (χ1v) is 7.15. The van der Waals surface area contributed by atoms with Crippen molar-refractivity contribution in [2.45, 2.75) is 45.6 Å². The summed E-state index contributed by atoms with van der Waals surface area (Å²) >= 11 is 0. The van der Waals surface area contributed by atoms with Gasteiger partial charge in [0.05, 0.1) is 0 Å². The van der Waals surface area contributed by atoms with E-state index < -0.39 is 18.0 Å². The second kappa shape index (κ2) is 11.9. The smallest absolute Gasteiger partial charge is 0.321 e. The number of carbonyl (C=O) groups is 2. The van der Waals surface area contributed by atoms with Gasteiger partial charge in [-0.05, 0) is 31.9 Å². The molecule has 1 rings (SSSR count). The monoisotopic (exact) mass is 294 g/mol. The van der Waals surface area contributed by atoms with E-state index in [4.69, 9.17) is 15.0 Å². The number of nitrogens with one attached hydrogen (secondary N) is 1. The van der Waals surface area contributed by atoms with E-state index in [1.165, 1.54) is 0 Å². The Morgan fingerprint density at radius 3 is 2.29 bits per heavy atom. The highest BCUT2D eigenvalue weighted by molar-refractivity contribution is 5.73. The number of carboxylic acids is 2. The molecule has 21 heavy (non-hydrogen) atoms. The fourth-order valence-electron chi connectivity index (χ4n) is 1.75. The SMILES string of the molecule is CC(=O)[O-].CCCCCN[C@@H](Cc1ccccc1)C(=O)O. The lowest BCUT2D eigenvalue weighted by atomic mass is 10.1. The van der Waals surface area contributed by atoms with E-state index in [9.17, 15) is 4.79 Å². The zero-order valence-electron chi connectivity index (χ0n) is 12.7. The number of aliphatic carboxylic acids is 2. The van der Waals surface area contributed by atoms with Crippen LogP contribution < -0.4 is 10.4 Å². The average Bonchev–Trinajstić information content (AvgIpc) is 2.42. The van der Waals surface area contributed by atoms with Crippen LogP contribution in [0.5, 0.6) is 0 Å². The molecule has 0 bridgehead atoms. The van der Waals surface area contributed by atoms with Gasteiger partial charge in [-0.1, -0.05) is 50.1 Å². The minimum absolute atomic E-state index is 0.478. The van der Waals surface area contributed by atoms with Crippen LogP contribution in [-0.4, -0.2) is 29.6 Å². The van der Waals surface area contributed by atoms with Gasteiger partial charge in [-0.15, -0.1) is 0 Å². The highest BCUT2D eigenvalue weighted by Gasteiger charge is 2.16. The van der Waals surface area contributed by atoms with Gasteiger partial charge in [-0.25, -0.2) is 0 Å². The van der Waals surface area contributed by atoms with Gasteiger partial charge in [-0.3, -0.25) is 4.79 Å². The standard InChI is InChI=1S/C14H21NO2.C2H4O2/c1-2-3-7-10-15-13(14(16)17)11-12-8-5-4-6-9-12;1-2(3)4/h4-6,8-9,13,15H,2-3,7,10-11H2,1H3,(H,16,17);1H3,(H,3,4)/p-1/t13-;/m0./s1. The van der Waals surface area contributed by atoms with Crippen molar-refractivity contribution in [3.8, 4) is 0 Å². The Morgan fingerprint density at radius 1 is 1.24 bits per heavy atom. The van der Waals surface area contributed by atoms with Crippen molar-refractivity contribution in [1.29, 1.82) is 0 Å². The Kier molecular flexibility index (Phi) is 10.8.